The number of nitrogens with one attached hydrogen (secondary N) is 2. The molecule has 0 aliphatic carbocycles. The Balaban J connectivity index is 2.15. The van der Waals surface area contributed by atoms with Crippen molar-refractivity contribution in [2.45, 2.75) is 18.9 Å². The monoisotopic (exact) mass is 202 g/mol. The Morgan fingerprint density at radius 1 is 1.64 bits per heavy atom. The Kier molecular flexibility index (Phi) is 4.31. The van der Waals surface area contributed by atoms with Gasteiger partial charge >= 0.3 is 0 Å². The maximum Gasteiger partial charge on any atom is 0.234 e. The Hall–Kier alpha value is -0.650. The highest BCUT2D eigenvalue weighted by Gasteiger charge is 2.32. The molecule has 0 radical (unpaired) electrons. The Bertz CT molecular complexity index is 190. The number of hydrogen-bond donors (Lipinski definition) is 3. The molecular formula is C9H18N2O3. The highest BCUT2D eigenvalue weighted by Crippen LogP contribution is 2.16. The van der Waals surface area contributed by atoms with Gasteiger partial charge in [-0.05, 0) is 6.54 Å². The molecule has 0 saturated carbocycles. The van der Waals surface area contributed by atoms with E-state index >= 15 is 0 Å². The second-order valence-corrected chi connectivity index (χ2v) is 3.58. The molecule has 1 fully saturated rings. The van der Waals surface area contributed by atoms with Crippen LogP contribution in [0, 0.1) is 0 Å². The van der Waals surface area contributed by atoms with E-state index in [1.807, 2.05) is 6.92 Å². The largest absolute Gasteiger partial charge is 0.386 e. The summed E-state index contributed by atoms with van der Waals surface area (Å²) in [5.74, 6) is -0.0906. The summed E-state index contributed by atoms with van der Waals surface area (Å²) in [4.78, 5) is 11.2. The van der Waals surface area contributed by atoms with Crippen molar-refractivity contribution >= 4 is 5.91 Å². The Labute approximate surface area is 83.8 Å². The summed E-state index contributed by atoms with van der Waals surface area (Å²) in [5.41, 5.74) is -0.859. The molecule has 14 heavy (non-hydrogen) atoms. The molecule has 0 aromatic heterocycles. The summed E-state index contributed by atoms with van der Waals surface area (Å²) in [5, 5.41) is 15.4. The van der Waals surface area contributed by atoms with Crippen molar-refractivity contribution in [2.75, 3.05) is 32.8 Å². The lowest BCUT2D eigenvalue weighted by Crippen LogP contribution is -2.45. The van der Waals surface area contributed by atoms with Gasteiger partial charge in [-0.25, -0.2) is 0 Å². The third-order valence-electron chi connectivity index (χ3n) is 2.23. The summed E-state index contributed by atoms with van der Waals surface area (Å²) >= 11 is 0. The van der Waals surface area contributed by atoms with Gasteiger partial charge in [0, 0.05) is 19.6 Å². The second kappa shape index (κ2) is 5.29. The van der Waals surface area contributed by atoms with Crippen LogP contribution in [0.15, 0.2) is 0 Å². The molecule has 3 N–H and O–H groups in total. The smallest absolute Gasteiger partial charge is 0.234 e. The van der Waals surface area contributed by atoms with Crippen LogP contribution in [0.5, 0.6) is 0 Å². The molecule has 1 saturated heterocycles. The topological polar surface area (TPSA) is 70.6 Å². The average molecular weight is 202 g/mol. The molecule has 0 bridgehead atoms. The molecule has 0 aromatic carbocycles. The normalized spacial score (nSPS) is 26.4. The highest BCUT2D eigenvalue weighted by molar-refractivity contribution is 5.78. The van der Waals surface area contributed by atoms with Crippen LogP contribution in [-0.2, 0) is 9.53 Å². The van der Waals surface area contributed by atoms with Crippen molar-refractivity contribution in [1.29, 1.82) is 0 Å². The Morgan fingerprint density at radius 2 is 2.43 bits per heavy atom. The first-order valence-corrected chi connectivity index (χ1v) is 4.94. The number of aliphatic hydroxyl groups is 1. The first kappa shape index (κ1) is 11.4. The van der Waals surface area contributed by atoms with E-state index in [2.05, 4.69) is 10.6 Å². The minimum absolute atomic E-state index is 0.0906. The SMILES string of the molecule is CCNCC(=O)NCC1(O)CCOC1. The Morgan fingerprint density at radius 3 is 3.00 bits per heavy atom. The molecular weight excluding hydrogens is 184 g/mol. The molecule has 1 heterocycles. The third-order valence-corrected chi connectivity index (χ3v) is 2.23. The molecule has 0 spiro atoms. The van der Waals surface area contributed by atoms with E-state index in [0.717, 1.165) is 6.54 Å². The van der Waals surface area contributed by atoms with Crippen LogP contribution in [-0.4, -0.2) is 49.5 Å². The zero-order valence-corrected chi connectivity index (χ0v) is 8.51. The maximum atomic E-state index is 11.2. The van der Waals surface area contributed by atoms with E-state index < -0.39 is 5.60 Å². The van der Waals surface area contributed by atoms with Crippen molar-refractivity contribution < 1.29 is 14.6 Å². The number of amides is 1. The summed E-state index contributed by atoms with van der Waals surface area (Å²) in [6.45, 7) is 4.16. The van der Waals surface area contributed by atoms with Gasteiger partial charge in [0.15, 0.2) is 0 Å². The van der Waals surface area contributed by atoms with E-state index in [1.54, 1.807) is 0 Å². The minimum Gasteiger partial charge on any atom is -0.386 e. The molecule has 1 amide bonds. The number of carbonyl (C=O) groups excluding carboxylic acids is 1. The second-order valence-electron chi connectivity index (χ2n) is 3.58. The van der Waals surface area contributed by atoms with Crippen LogP contribution in [0.2, 0.25) is 0 Å². The summed E-state index contributed by atoms with van der Waals surface area (Å²) in [6, 6.07) is 0. The van der Waals surface area contributed by atoms with Gasteiger partial charge in [-0.15, -0.1) is 0 Å². The van der Waals surface area contributed by atoms with Gasteiger partial charge in [0.25, 0.3) is 0 Å². The number of hydrogen-bond acceptors (Lipinski definition) is 4. The fraction of sp³-hybridized carbons (Fsp3) is 0.889. The number of rotatable bonds is 5. The van der Waals surface area contributed by atoms with Crippen LogP contribution >= 0.6 is 0 Å². The van der Waals surface area contributed by atoms with Crippen LogP contribution in [0.25, 0.3) is 0 Å². The summed E-state index contributed by atoms with van der Waals surface area (Å²) in [7, 11) is 0. The first-order chi connectivity index (χ1) is 6.66. The fourth-order valence-corrected chi connectivity index (χ4v) is 1.30. The van der Waals surface area contributed by atoms with Crippen molar-refractivity contribution in [3.63, 3.8) is 0 Å². The van der Waals surface area contributed by atoms with Gasteiger partial charge < -0.3 is 20.5 Å². The van der Waals surface area contributed by atoms with Gasteiger partial charge in [-0.3, -0.25) is 4.79 Å². The van der Waals surface area contributed by atoms with Gasteiger partial charge in [0.2, 0.25) is 5.91 Å². The highest BCUT2D eigenvalue weighted by atomic mass is 16.5. The van der Waals surface area contributed by atoms with Gasteiger partial charge in [0.1, 0.15) is 5.60 Å². The van der Waals surface area contributed by atoms with E-state index in [-0.39, 0.29) is 12.5 Å². The van der Waals surface area contributed by atoms with Crippen molar-refractivity contribution in [3.05, 3.63) is 0 Å². The van der Waals surface area contributed by atoms with E-state index in [0.29, 0.717) is 26.2 Å². The molecule has 82 valence electrons. The lowest BCUT2D eigenvalue weighted by molar-refractivity contribution is -0.121. The standard InChI is InChI=1S/C9H18N2O3/c1-2-10-5-8(12)11-6-9(13)3-4-14-7-9/h10,13H,2-7H2,1H3,(H,11,12). The third kappa shape index (κ3) is 3.61. The average Bonchev–Trinajstić information content (AvgIpc) is 2.60. The van der Waals surface area contributed by atoms with Crippen molar-refractivity contribution in [3.8, 4) is 0 Å². The van der Waals surface area contributed by atoms with Crippen molar-refractivity contribution in [2.24, 2.45) is 0 Å². The van der Waals surface area contributed by atoms with E-state index in [4.69, 9.17) is 4.74 Å². The van der Waals surface area contributed by atoms with Crippen LogP contribution < -0.4 is 10.6 Å². The molecule has 1 atom stereocenters. The quantitative estimate of drug-likeness (QED) is 0.527. The lowest BCUT2D eigenvalue weighted by Gasteiger charge is -2.20. The number of ether oxygens (including phenoxy) is 1. The van der Waals surface area contributed by atoms with Crippen LogP contribution in [0.3, 0.4) is 0 Å². The number of carbonyl (C=O) groups is 1. The maximum absolute atomic E-state index is 11.2. The molecule has 1 aliphatic heterocycles. The van der Waals surface area contributed by atoms with Gasteiger partial charge in [0.05, 0.1) is 13.2 Å². The lowest BCUT2D eigenvalue weighted by atomic mass is 10.0. The van der Waals surface area contributed by atoms with Crippen molar-refractivity contribution in [1.82, 2.24) is 10.6 Å². The predicted octanol–water partition coefficient (Wildman–Crippen LogP) is -1.14. The number of likely N-dealkylation sites (N-methyl/N-ethyl adjacent to an activating group) is 1. The summed E-state index contributed by atoms with van der Waals surface area (Å²) < 4.78 is 5.06. The molecule has 5 nitrogen and oxygen atoms in total. The van der Waals surface area contributed by atoms with E-state index in [9.17, 15) is 9.90 Å². The van der Waals surface area contributed by atoms with Crippen LogP contribution in [0.1, 0.15) is 13.3 Å². The molecule has 0 aromatic rings. The van der Waals surface area contributed by atoms with Gasteiger partial charge in [-0.2, -0.15) is 0 Å². The summed E-state index contributed by atoms with van der Waals surface area (Å²) in [6.07, 6.45) is 0.592. The zero-order valence-electron chi connectivity index (χ0n) is 8.51. The van der Waals surface area contributed by atoms with E-state index in [1.165, 1.54) is 0 Å². The zero-order chi connectivity index (χ0) is 10.4. The fourth-order valence-electron chi connectivity index (χ4n) is 1.30. The molecule has 5 heteroatoms. The molecule has 1 unspecified atom stereocenters. The molecule has 1 aliphatic rings. The predicted molar refractivity (Wildman–Crippen MR) is 51.9 cm³/mol. The minimum atomic E-state index is -0.859. The van der Waals surface area contributed by atoms with Crippen LogP contribution in [0.4, 0.5) is 0 Å². The molecule has 1 rings (SSSR count). The first-order valence-electron chi connectivity index (χ1n) is 4.94. The van der Waals surface area contributed by atoms with Gasteiger partial charge in [-0.1, -0.05) is 6.92 Å².